The maximum atomic E-state index is 12.5. The van der Waals surface area contributed by atoms with Gasteiger partial charge in [0.25, 0.3) is 0 Å². The number of ether oxygens (including phenoxy) is 1. The molecule has 1 saturated heterocycles. The summed E-state index contributed by atoms with van der Waals surface area (Å²) in [6, 6.07) is 23.3. The van der Waals surface area contributed by atoms with Gasteiger partial charge in [-0.15, -0.1) is 12.4 Å². The fourth-order valence-corrected chi connectivity index (χ4v) is 4.21. The van der Waals surface area contributed by atoms with Crippen LogP contribution < -0.4 is 4.90 Å². The average molecular weight is 480 g/mol. The van der Waals surface area contributed by atoms with Crippen molar-refractivity contribution in [3.63, 3.8) is 0 Å². The van der Waals surface area contributed by atoms with E-state index in [9.17, 15) is 4.79 Å². The molecule has 0 atom stereocenters. The van der Waals surface area contributed by atoms with Gasteiger partial charge in [0, 0.05) is 38.9 Å². The Morgan fingerprint density at radius 2 is 1.47 bits per heavy atom. The van der Waals surface area contributed by atoms with E-state index < -0.39 is 0 Å². The van der Waals surface area contributed by atoms with Crippen LogP contribution in [-0.2, 0) is 24.1 Å². The van der Waals surface area contributed by atoms with E-state index >= 15 is 0 Å². The van der Waals surface area contributed by atoms with Gasteiger partial charge in [-0.2, -0.15) is 0 Å². The molecule has 180 valence electrons. The first-order chi connectivity index (χ1) is 16.1. The monoisotopic (exact) mass is 479 g/mol. The maximum absolute atomic E-state index is 12.5. The molecule has 1 fully saturated rings. The second-order valence-corrected chi connectivity index (χ2v) is 8.89. The Morgan fingerprint density at radius 1 is 0.853 bits per heavy atom. The van der Waals surface area contributed by atoms with Crippen LogP contribution in [-0.4, -0.2) is 48.1 Å². The Balaban J connectivity index is 0.00000324. The highest BCUT2D eigenvalue weighted by atomic mass is 35.5. The van der Waals surface area contributed by atoms with E-state index in [-0.39, 0.29) is 24.5 Å². The van der Waals surface area contributed by atoms with E-state index in [1.54, 1.807) is 18.3 Å². The van der Waals surface area contributed by atoms with Crippen LogP contribution in [0, 0.1) is 0 Å². The van der Waals surface area contributed by atoms with Crippen LogP contribution in [0.1, 0.15) is 40.9 Å². The van der Waals surface area contributed by atoms with Crippen molar-refractivity contribution in [2.75, 3.05) is 31.1 Å². The smallest absolute Gasteiger partial charge is 0.342 e. The third-order valence-corrected chi connectivity index (χ3v) is 6.00. The molecule has 0 saturated carbocycles. The molecular weight excluding hydrogens is 446 g/mol. The fourth-order valence-electron chi connectivity index (χ4n) is 4.21. The summed E-state index contributed by atoms with van der Waals surface area (Å²) in [5.74, 6) is 0.424. The van der Waals surface area contributed by atoms with Crippen molar-refractivity contribution in [1.29, 1.82) is 0 Å². The number of carbonyl (C=O) groups is 1. The van der Waals surface area contributed by atoms with Crippen molar-refractivity contribution >= 4 is 24.2 Å². The fraction of sp³-hybridized carbons (Fsp3) is 0.357. The third-order valence-electron chi connectivity index (χ3n) is 6.00. The Kier molecular flexibility index (Phi) is 9.49. The largest absolute Gasteiger partial charge is 0.459 e. The Bertz CT molecular complexity index is 1030. The number of aromatic nitrogens is 1. The van der Waals surface area contributed by atoms with E-state index in [1.807, 2.05) is 13.8 Å². The van der Waals surface area contributed by atoms with Gasteiger partial charge < -0.3 is 9.64 Å². The molecule has 0 spiro atoms. The molecule has 1 aliphatic heterocycles. The standard InChI is InChI=1S/C28H33N3O2.ClH/c1-22(2)33-28(32)26-9-6-16-29-27(26)31-19-17-30(18-20-31)21-25-14-12-24(13-15-25)11-10-23-7-4-3-5-8-23;/h3-9,12-16,22H,10-11,17-21H2,1-2H3;1H. The third kappa shape index (κ3) is 7.05. The highest BCUT2D eigenvalue weighted by Crippen LogP contribution is 2.21. The molecule has 0 radical (unpaired) electrons. The SMILES string of the molecule is CC(C)OC(=O)c1cccnc1N1CCN(Cc2ccc(CCc3ccccc3)cc2)CC1.Cl. The molecule has 1 aliphatic rings. The Morgan fingerprint density at radius 3 is 2.12 bits per heavy atom. The number of pyridine rings is 1. The number of rotatable bonds is 8. The summed E-state index contributed by atoms with van der Waals surface area (Å²) in [6.07, 6.45) is 3.73. The Labute approximate surface area is 209 Å². The number of halogens is 1. The topological polar surface area (TPSA) is 45.7 Å². The van der Waals surface area contributed by atoms with Crippen LogP contribution in [0.2, 0.25) is 0 Å². The second kappa shape index (κ2) is 12.5. The second-order valence-electron chi connectivity index (χ2n) is 8.89. The van der Waals surface area contributed by atoms with Crippen molar-refractivity contribution in [2.45, 2.75) is 39.3 Å². The summed E-state index contributed by atoms with van der Waals surface area (Å²) in [5.41, 5.74) is 4.65. The molecule has 5 nitrogen and oxygen atoms in total. The van der Waals surface area contributed by atoms with Gasteiger partial charge >= 0.3 is 5.97 Å². The van der Waals surface area contributed by atoms with Crippen LogP contribution in [0.4, 0.5) is 5.82 Å². The van der Waals surface area contributed by atoms with Crippen LogP contribution in [0.5, 0.6) is 0 Å². The summed E-state index contributed by atoms with van der Waals surface area (Å²) in [4.78, 5) is 21.6. The first-order valence-corrected chi connectivity index (χ1v) is 11.8. The van der Waals surface area contributed by atoms with Gasteiger partial charge in [-0.05, 0) is 55.5 Å². The van der Waals surface area contributed by atoms with E-state index in [0.29, 0.717) is 5.56 Å². The number of piperazine rings is 1. The number of anilines is 1. The number of hydrogen-bond acceptors (Lipinski definition) is 5. The predicted octanol–water partition coefficient (Wildman–Crippen LogP) is 5.18. The lowest BCUT2D eigenvalue weighted by molar-refractivity contribution is 0.0378. The van der Waals surface area contributed by atoms with Crippen molar-refractivity contribution < 1.29 is 9.53 Å². The first kappa shape index (κ1) is 25.7. The van der Waals surface area contributed by atoms with Gasteiger partial charge in [0.15, 0.2) is 0 Å². The number of hydrogen-bond donors (Lipinski definition) is 0. The lowest BCUT2D eigenvalue weighted by Gasteiger charge is -2.36. The van der Waals surface area contributed by atoms with Gasteiger partial charge in [-0.25, -0.2) is 9.78 Å². The van der Waals surface area contributed by atoms with E-state index in [4.69, 9.17) is 4.74 Å². The summed E-state index contributed by atoms with van der Waals surface area (Å²) >= 11 is 0. The van der Waals surface area contributed by atoms with Crippen LogP contribution in [0.15, 0.2) is 72.9 Å². The summed E-state index contributed by atoms with van der Waals surface area (Å²) in [7, 11) is 0. The molecule has 0 amide bonds. The molecular formula is C28H34ClN3O2. The van der Waals surface area contributed by atoms with Gasteiger partial charge in [0.1, 0.15) is 11.4 Å². The summed E-state index contributed by atoms with van der Waals surface area (Å²) in [6.45, 7) is 8.22. The highest BCUT2D eigenvalue weighted by molar-refractivity contribution is 5.94. The lowest BCUT2D eigenvalue weighted by Crippen LogP contribution is -2.46. The van der Waals surface area contributed by atoms with Gasteiger partial charge in [0.05, 0.1) is 6.10 Å². The van der Waals surface area contributed by atoms with E-state index in [2.05, 4.69) is 69.4 Å². The normalized spacial score (nSPS) is 14.0. The minimum Gasteiger partial charge on any atom is -0.459 e. The number of aryl methyl sites for hydroxylation is 2. The van der Waals surface area contributed by atoms with Crippen LogP contribution in [0.25, 0.3) is 0 Å². The molecule has 2 aromatic carbocycles. The number of nitrogens with zero attached hydrogens (tertiary/aromatic N) is 3. The minimum atomic E-state index is -0.303. The molecule has 2 heterocycles. The molecule has 1 aromatic heterocycles. The zero-order valence-electron chi connectivity index (χ0n) is 20.0. The molecule has 4 rings (SSSR count). The molecule has 6 heteroatoms. The molecule has 34 heavy (non-hydrogen) atoms. The molecule has 0 bridgehead atoms. The zero-order valence-corrected chi connectivity index (χ0v) is 20.8. The van der Waals surface area contributed by atoms with Gasteiger partial charge in [-0.3, -0.25) is 4.90 Å². The molecule has 3 aromatic rings. The lowest BCUT2D eigenvalue weighted by atomic mass is 10.0. The van der Waals surface area contributed by atoms with Crippen molar-refractivity contribution in [2.24, 2.45) is 0 Å². The zero-order chi connectivity index (χ0) is 23.0. The molecule has 0 N–H and O–H groups in total. The maximum Gasteiger partial charge on any atom is 0.342 e. The highest BCUT2D eigenvalue weighted by Gasteiger charge is 2.23. The summed E-state index contributed by atoms with van der Waals surface area (Å²) in [5, 5.41) is 0. The molecule has 0 unspecified atom stereocenters. The molecule has 0 aliphatic carbocycles. The minimum absolute atomic E-state index is 0. The van der Waals surface area contributed by atoms with Crippen molar-refractivity contribution in [3.05, 3.63) is 95.2 Å². The van der Waals surface area contributed by atoms with E-state index in [1.165, 1.54) is 16.7 Å². The average Bonchev–Trinajstić information content (AvgIpc) is 2.84. The quantitative estimate of drug-likeness (QED) is 0.417. The van der Waals surface area contributed by atoms with Gasteiger partial charge in [0.2, 0.25) is 0 Å². The van der Waals surface area contributed by atoms with E-state index in [0.717, 1.165) is 51.4 Å². The van der Waals surface area contributed by atoms with Crippen LogP contribution in [0.3, 0.4) is 0 Å². The van der Waals surface area contributed by atoms with Crippen molar-refractivity contribution in [3.8, 4) is 0 Å². The number of carbonyl (C=O) groups excluding carboxylic acids is 1. The predicted molar refractivity (Wildman–Crippen MR) is 140 cm³/mol. The van der Waals surface area contributed by atoms with Gasteiger partial charge in [-0.1, -0.05) is 54.6 Å². The first-order valence-electron chi connectivity index (χ1n) is 11.8. The summed E-state index contributed by atoms with van der Waals surface area (Å²) < 4.78 is 5.40. The van der Waals surface area contributed by atoms with Crippen LogP contribution >= 0.6 is 12.4 Å². The number of esters is 1. The number of benzene rings is 2. The van der Waals surface area contributed by atoms with Crippen molar-refractivity contribution in [1.82, 2.24) is 9.88 Å². The Hall–Kier alpha value is -2.89.